The smallest absolute Gasteiger partial charge is 0.274 e. The Morgan fingerprint density at radius 2 is 2.12 bits per heavy atom. The Labute approximate surface area is 154 Å². The maximum atomic E-state index is 12.6. The Hall–Kier alpha value is -2.92. The van der Waals surface area contributed by atoms with E-state index in [1.54, 1.807) is 34.3 Å². The van der Waals surface area contributed by atoms with Crippen LogP contribution in [-0.4, -0.2) is 26.5 Å². The first-order valence-electron chi connectivity index (χ1n) is 8.65. The van der Waals surface area contributed by atoms with Crippen molar-refractivity contribution >= 4 is 34.4 Å². The Balaban J connectivity index is 1.58. The molecular formula is C18H18N6OS. The topological polar surface area (TPSA) is 95.1 Å². The van der Waals surface area contributed by atoms with Gasteiger partial charge in [0.05, 0.1) is 17.4 Å². The lowest BCUT2D eigenvalue weighted by atomic mass is 9.96. The largest absolute Gasteiger partial charge is 0.350 e. The Kier molecular flexibility index (Phi) is 4.54. The van der Waals surface area contributed by atoms with E-state index in [0.29, 0.717) is 28.2 Å². The highest BCUT2D eigenvalue weighted by atomic mass is 32.1. The fourth-order valence-electron chi connectivity index (χ4n) is 3.25. The van der Waals surface area contributed by atoms with Gasteiger partial charge in [0.15, 0.2) is 0 Å². The number of amides is 1. The number of nitrogens with one attached hydrogen (secondary N) is 2. The maximum Gasteiger partial charge on any atom is 0.274 e. The number of carbonyl (C=O) groups is 1. The normalized spacial score (nSPS) is 14.9. The van der Waals surface area contributed by atoms with Gasteiger partial charge in [-0.15, -0.1) is 16.4 Å². The summed E-state index contributed by atoms with van der Waals surface area (Å²) in [5.74, 6) is 0.227. The van der Waals surface area contributed by atoms with Crippen molar-refractivity contribution < 1.29 is 4.79 Å². The second-order valence-corrected chi connectivity index (χ2v) is 7.26. The number of nitriles is 1. The first-order valence-corrected chi connectivity index (χ1v) is 9.53. The summed E-state index contributed by atoms with van der Waals surface area (Å²) in [6, 6.07) is 7.70. The maximum absolute atomic E-state index is 12.6. The van der Waals surface area contributed by atoms with Crippen LogP contribution in [-0.2, 0) is 0 Å². The van der Waals surface area contributed by atoms with Gasteiger partial charge in [-0.25, -0.2) is 9.50 Å². The van der Waals surface area contributed by atoms with Crippen LogP contribution in [0.15, 0.2) is 29.8 Å². The van der Waals surface area contributed by atoms with E-state index >= 15 is 0 Å². The molecule has 7 nitrogen and oxygen atoms in total. The van der Waals surface area contributed by atoms with Gasteiger partial charge in [-0.2, -0.15) is 5.26 Å². The molecule has 0 bridgehead atoms. The molecule has 1 aliphatic rings. The monoisotopic (exact) mass is 366 g/mol. The Morgan fingerprint density at radius 1 is 1.27 bits per heavy atom. The van der Waals surface area contributed by atoms with Gasteiger partial charge in [0.1, 0.15) is 16.6 Å². The molecule has 0 radical (unpaired) electrons. The molecule has 0 saturated heterocycles. The molecule has 26 heavy (non-hydrogen) atoms. The van der Waals surface area contributed by atoms with Gasteiger partial charge in [-0.05, 0) is 36.4 Å². The molecule has 1 amide bonds. The molecule has 8 heteroatoms. The van der Waals surface area contributed by atoms with Crippen LogP contribution in [0.1, 0.15) is 47.5 Å². The van der Waals surface area contributed by atoms with Crippen molar-refractivity contribution in [1.82, 2.24) is 14.6 Å². The summed E-state index contributed by atoms with van der Waals surface area (Å²) in [6.45, 7) is 0. The van der Waals surface area contributed by atoms with E-state index in [9.17, 15) is 4.79 Å². The summed E-state index contributed by atoms with van der Waals surface area (Å²) in [5.41, 5.74) is 1.67. The fraction of sp³-hybridized carbons (Fsp3) is 0.333. The van der Waals surface area contributed by atoms with Crippen molar-refractivity contribution in [2.75, 3.05) is 10.6 Å². The lowest BCUT2D eigenvalue weighted by Crippen LogP contribution is -2.24. The molecule has 1 aliphatic carbocycles. The van der Waals surface area contributed by atoms with Crippen LogP contribution in [0.5, 0.6) is 0 Å². The number of nitrogens with zero attached hydrogens (tertiary/aromatic N) is 4. The molecule has 1 fully saturated rings. The molecule has 1 saturated carbocycles. The van der Waals surface area contributed by atoms with E-state index in [2.05, 4.69) is 26.8 Å². The highest BCUT2D eigenvalue weighted by Crippen LogP contribution is 2.23. The predicted octanol–water partition coefficient (Wildman–Crippen LogP) is 3.66. The first kappa shape index (κ1) is 16.5. The van der Waals surface area contributed by atoms with E-state index in [0.717, 1.165) is 18.4 Å². The second kappa shape index (κ2) is 7.14. The van der Waals surface area contributed by atoms with Gasteiger partial charge in [0.25, 0.3) is 5.91 Å². The van der Waals surface area contributed by atoms with Gasteiger partial charge in [0.2, 0.25) is 5.95 Å². The fourth-order valence-corrected chi connectivity index (χ4v) is 3.89. The molecule has 2 N–H and O–H groups in total. The Morgan fingerprint density at radius 3 is 2.92 bits per heavy atom. The van der Waals surface area contributed by atoms with E-state index in [1.165, 1.54) is 30.6 Å². The van der Waals surface area contributed by atoms with Crippen LogP contribution >= 0.6 is 11.3 Å². The standard InChI is InChI=1S/C18H18N6OS/c19-10-16-14(8-9-26-16)22-17(25)15-7-6-13-11-20-18(23-24(13)15)21-12-4-2-1-3-5-12/h6-9,11-12H,1-5H2,(H,21,23)(H,22,25). The number of hydrogen-bond acceptors (Lipinski definition) is 6. The lowest BCUT2D eigenvalue weighted by molar-refractivity contribution is 0.102. The van der Waals surface area contributed by atoms with E-state index in [4.69, 9.17) is 5.26 Å². The number of hydrogen-bond donors (Lipinski definition) is 2. The summed E-state index contributed by atoms with van der Waals surface area (Å²) in [7, 11) is 0. The van der Waals surface area contributed by atoms with Crippen molar-refractivity contribution in [2.24, 2.45) is 0 Å². The summed E-state index contributed by atoms with van der Waals surface area (Å²) >= 11 is 1.30. The molecule has 0 unspecified atom stereocenters. The molecule has 3 aromatic rings. The number of rotatable bonds is 4. The van der Waals surface area contributed by atoms with Crippen molar-refractivity contribution in [3.63, 3.8) is 0 Å². The van der Waals surface area contributed by atoms with Crippen molar-refractivity contribution in [1.29, 1.82) is 5.26 Å². The van der Waals surface area contributed by atoms with Crippen LogP contribution in [0.25, 0.3) is 5.52 Å². The number of thiophene rings is 1. The molecule has 0 atom stereocenters. The van der Waals surface area contributed by atoms with Crippen LogP contribution in [0.3, 0.4) is 0 Å². The molecule has 4 rings (SSSR count). The van der Waals surface area contributed by atoms with E-state index < -0.39 is 0 Å². The molecule has 3 aromatic heterocycles. The number of carbonyl (C=O) groups excluding carboxylic acids is 1. The van der Waals surface area contributed by atoms with Crippen LogP contribution in [0, 0.1) is 11.3 Å². The highest BCUT2D eigenvalue weighted by Gasteiger charge is 2.17. The third-order valence-corrected chi connectivity index (χ3v) is 5.40. The SMILES string of the molecule is N#Cc1sccc1NC(=O)c1ccc2cnc(NC3CCCCC3)nn12. The third-order valence-electron chi connectivity index (χ3n) is 4.58. The molecule has 0 aliphatic heterocycles. The number of anilines is 2. The second-order valence-electron chi connectivity index (χ2n) is 6.35. The first-order chi connectivity index (χ1) is 12.7. The van der Waals surface area contributed by atoms with Gasteiger partial charge < -0.3 is 10.6 Å². The minimum Gasteiger partial charge on any atom is -0.350 e. The minimum atomic E-state index is -0.304. The zero-order chi connectivity index (χ0) is 17.9. The van der Waals surface area contributed by atoms with Crippen LogP contribution in [0.2, 0.25) is 0 Å². The van der Waals surface area contributed by atoms with E-state index in [1.807, 2.05) is 0 Å². The average Bonchev–Trinajstić information content (AvgIpc) is 3.28. The highest BCUT2D eigenvalue weighted by molar-refractivity contribution is 7.11. The van der Waals surface area contributed by atoms with Gasteiger partial charge in [0, 0.05) is 6.04 Å². The molecule has 3 heterocycles. The summed E-state index contributed by atoms with van der Waals surface area (Å²) in [4.78, 5) is 17.5. The van der Waals surface area contributed by atoms with Gasteiger partial charge >= 0.3 is 0 Å². The third kappa shape index (κ3) is 3.26. The van der Waals surface area contributed by atoms with E-state index in [-0.39, 0.29) is 5.91 Å². The summed E-state index contributed by atoms with van der Waals surface area (Å²) < 4.78 is 1.59. The summed E-state index contributed by atoms with van der Waals surface area (Å²) in [6.07, 6.45) is 7.68. The quantitative estimate of drug-likeness (QED) is 0.735. The van der Waals surface area contributed by atoms with Gasteiger partial charge in [-0.1, -0.05) is 19.3 Å². The van der Waals surface area contributed by atoms with Crippen molar-refractivity contribution in [2.45, 2.75) is 38.1 Å². The van der Waals surface area contributed by atoms with Gasteiger partial charge in [-0.3, -0.25) is 4.79 Å². The minimum absolute atomic E-state index is 0.304. The molecular weight excluding hydrogens is 348 g/mol. The zero-order valence-corrected chi connectivity index (χ0v) is 14.9. The van der Waals surface area contributed by atoms with Crippen LogP contribution in [0.4, 0.5) is 11.6 Å². The molecule has 0 aromatic carbocycles. The van der Waals surface area contributed by atoms with Crippen molar-refractivity contribution in [3.8, 4) is 6.07 Å². The van der Waals surface area contributed by atoms with Crippen molar-refractivity contribution in [3.05, 3.63) is 40.3 Å². The van der Waals surface area contributed by atoms with Crippen LogP contribution < -0.4 is 10.6 Å². The number of aromatic nitrogens is 3. The molecule has 132 valence electrons. The lowest BCUT2D eigenvalue weighted by Gasteiger charge is -2.22. The number of fused-ring (bicyclic) bond motifs is 1. The predicted molar refractivity (Wildman–Crippen MR) is 100 cm³/mol. The zero-order valence-electron chi connectivity index (χ0n) is 14.1. The Bertz CT molecular complexity index is 979. The average molecular weight is 366 g/mol. The summed E-state index contributed by atoms with van der Waals surface area (Å²) in [5, 5.41) is 21.5. The molecule has 0 spiro atoms.